The number of hydrogen-bond donors (Lipinski definition) is 0. The van der Waals surface area contributed by atoms with Crippen LogP contribution in [0, 0.1) is 47.3 Å². The second-order valence-corrected chi connectivity index (χ2v) is 14.2. The van der Waals surface area contributed by atoms with Crippen LogP contribution in [-0.4, -0.2) is 103 Å². The lowest BCUT2D eigenvalue weighted by Crippen LogP contribution is -2.34. The van der Waals surface area contributed by atoms with E-state index < -0.39 is 0 Å². The van der Waals surface area contributed by atoms with Crippen molar-refractivity contribution in [2.45, 2.75) is 96.6 Å². The number of esters is 3. The zero-order valence-electron chi connectivity index (χ0n) is 28.8. The van der Waals surface area contributed by atoms with E-state index in [0.29, 0.717) is 44.2 Å². The number of carbonyl (C=O) groups is 3. The number of fused-ring (bicyclic) bond motifs is 6. The van der Waals surface area contributed by atoms with Crippen LogP contribution in [0.1, 0.15) is 72.1 Å². The predicted molar refractivity (Wildman–Crippen MR) is 168 cm³/mol. The lowest BCUT2D eigenvalue weighted by molar-refractivity contribution is -0.151. The summed E-state index contributed by atoms with van der Waals surface area (Å²) in [7, 11) is 5.20. The Morgan fingerprint density at radius 3 is 1.70 bits per heavy atom. The van der Waals surface area contributed by atoms with Crippen molar-refractivity contribution in [3.63, 3.8) is 0 Å². The van der Waals surface area contributed by atoms with Gasteiger partial charge in [-0.3, -0.25) is 14.4 Å². The first-order chi connectivity index (χ1) is 22.1. The largest absolute Gasteiger partial charge is 0.466 e. The van der Waals surface area contributed by atoms with Gasteiger partial charge in [-0.05, 0) is 98.7 Å². The van der Waals surface area contributed by atoms with E-state index in [1.54, 1.807) is 14.2 Å². The number of rotatable bonds is 10. The number of ether oxygens (including phenoxy) is 8. The summed E-state index contributed by atoms with van der Waals surface area (Å²) in [6.07, 6.45) is 9.55. The van der Waals surface area contributed by atoms with Gasteiger partial charge >= 0.3 is 17.9 Å². The summed E-state index contributed by atoms with van der Waals surface area (Å²) in [5.74, 6) is 5.75. The summed E-state index contributed by atoms with van der Waals surface area (Å²) in [5, 5.41) is 0. The Hall–Kier alpha value is -1.79. The minimum atomic E-state index is -0.302. The molecule has 6 rings (SSSR count). The zero-order chi connectivity index (χ0) is 33.2. The van der Waals surface area contributed by atoms with Crippen molar-refractivity contribution in [3.8, 4) is 0 Å². The fraction of sp³-hybridized carbons (Fsp3) is 0.914. The lowest BCUT2D eigenvalue weighted by atomic mass is 9.76. The van der Waals surface area contributed by atoms with Gasteiger partial charge in [0.2, 0.25) is 0 Å². The second kappa shape index (κ2) is 18.1. The maximum Gasteiger partial charge on any atom is 0.303 e. The molecule has 11 nitrogen and oxygen atoms in total. The molecule has 0 radical (unpaired) electrons. The Bertz CT molecular complexity index is 966. The third kappa shape index (κ3) is 10.1. The van der Waals surface area contributed by atoms with Gasteiger partial charge in [0.25, 0.3) is 0 Å². The quantitative estimate of drug-likeness (QED) is 0.248. The van der Waals surface area contributed by atoms with Crippen molar-refractivity contribution in [1.82, 2.24) is 0 Å². The topological polar surface area (TPSA) is 125 Å². The molecule has 6 aliphatic rings. The maximum atomic E-state index is 10.9. The fourth-order valence-corrected chi connectivity index (χ4v) is 9.08. The molecule has 0 amide bonds. The van der Waals surface area contributed by atoms with Crippen molar-refractivity contribution in [1.29, 1.82) is 0 Å². The zero-order valence-corrected chi connectivity index (χ0v) is 28.8. The van der Waals surface area contributed by atoms with E-state index in [2.05, 4.69) is 0 Å². The second-order valence-electron chi connectivity index (χ2n) is 14.2. The van der Waals surface area contributed by atoms with Gasteiger partial charge in [-0.1, -0.05) is 0 Å². The van der Waals surface area contributed by atoms with Crippen molar-refractivity contribution in [3.05, 3.63) is 0 Å². The molecule has 0 aromatic heterocycles. The van der Waals surface area contributed by atoms with Gasteiger partial charge in [0, 0.05) is 55.3 Å². The van der Waals surface area contributed by atoms with Crippen LogP contribution >= 0.6 is 0 Å². The van der Waals surface area contributed by atoms with Crippen molar-refractivity contribution in [2.75, 3.05) is 61.0 Å². The van der Waals surface area contributed by atoms with Crippen LogP contribution in [0.15, 0.2) is 0 Å². The third-order valence-corrected chi connectivity index (χ3v) is 11.1. The van der Waals surface area contributed by atoms with Crippen molar-refractivity contribution in [2.24, 2.45) is 47.3 Å². The molecule has 4 saturated carbocycles. The van der Waals surface area contributed by atoms with Crippen LogP contribution in [0.5, 0.6) is 0 Å². The first-order valence-corrected chi connectivity index (χ1v) is 17.3. The summed E-state index contributed by atoms with van der Waals surface area (Å²) in [6, 6.07) is 0. The summed E-state index contributed by atoms with van der Waals surface area (Å²) in [4.78, 5) is 32.3. The molecular weight excluding hydrogens is 596 g/mol. The molecule has 0 aromatic carbocycles. The smallest absolute Gasteiger partial charge is 0.303 e. The normalized spacial score (nSPS) is 38.5. The molecule has 2 saturated heterocycles. The molecule has 6 fully saturated rings. The van der Waals surface area contributed by atoms with Crippen molar-refractivity contribution >= 4 is 17.9 Å². The minimum absolute atomic E-state index is 0.0411. The van der Waals surface area contributed by atoms with Crippen LogP contribution in [0.4, 0.5) is 0 Å². The summed E-state index contributed by atoms with van der Waals surface area (Å²) < 4.78 is 41.9. The Balaban J connectivity index is 0.000000159. The van der Waals surface area contributed by atoms with Gasteiger partial charge in [-0.15, -0.1) is 0 Å². The summed E-state index contributed by atoms with van der Waals surface area (Å²) >= 11 is 0. The Kier molecular flexibility index (Phi) is 14.6. The van der Waals surface area contributed by atoms with Gasteiger partial charge in [0.1, 0.15) is 18.3 Å². The molecular formula is C35H58O11. The van der Waals surface area contributed by atoms with Crippen LogP contribution in [0.2, 0.25) is 0 Å². The van der Waals surface area contributed by atoms with E-state index in [1.807, 2.05) is 7.11 Å². The molecule has 0 aromatic rings. The monoisotopic (exact) mass is 654 g/mol. The van der Waals surface area contributed by atoms with Crippen LogP contribution in [0.3, 0.4) is 0 Å². The van der Waals surface area contributed by atoms with E-state index in [-0.39, 0.29) is 42.3 Å². The molecule has 2 aliphatic heterocycles. The van der Waals surface area contributed by atoms with Gasteiger partial charge in [-0.2, -0.15) is 0 Å². The highest BCUT2D eigenvalue weighted by molar-refractivity contribution is 5.66. The highest BCUT2D eigenvalue weighted by atomic mass is 16.7. The van der Waals surface area contributed by atoms with Gasteiger partial charge in [0.05, 0.1) is 26.4 Å². The standard InChI is InChI=1S/C15H24O3.C11H20O3.C9H14O5/c1-9(16)18-7-10-3-13-11-5-12(8-17-2)14(6-11)15(13)4-10;1-9(12)14-8-11-5-3-10(4-6-11)7-13-2;1-5(10)14-7-4-13-8-6(11-2)3-12-9(7)8/h10-15H,3-8H2,1-2H3;10-11H,3-8H2,1-2H3;6-9H,3-4H2,1-2H3. The molecule has 10 atom stereocenters. The molecule has 10 unspecified atom stereocenters. The van der Waals surface area contributed by atoms with E-state index in [4.69, 9.17) is 37.9 Å². The Morgan fingerprint density at radius 2 is 1.13 bits per heavy atom. The summed E-state index contributed by atoms with van der Waals surface area (Å²) in [5.41, 5.74) is 0. The molecule has 0 N–H and O–H groups in total. The van der Waals surface area contributed by atoms with Crippen LogP contribution < -0.4 is 0 Å². The molecule has 2 bridgehead atoms. The van der Waals surface area contributed by atoms with Crippen LogP contribution in [0.25, 0.3) is 0 Å². The van der Waals surface area contributed by atoms with Gasteiger partial charge in [-0.25, -0.2) is 0 Å². The maximum absolute atomic E-state index is 10.9. The predicted octanol–water partition coefficient (Wildman–Crippen LogP) is 4.23. The average molecular weight is 655 g/mol. The number of carbonyl (C=O) groups excluding carboxylic acids is 3. The number of methoxy groups -OCH3 is 3. The van der Waals surface area contributed by atoms with E-state index in [1.165, 1.54) is 72.1 Å². The Morgan fingerprint density at radius 1 is 0.587 bits per heavy atom. The van der Waals surface area contributed by atoms with Crippen molar-refractivity contribution < 1.29 is 52.3 Å². The van der Waals surface area contributed by atoms with Crippen LogP contribution in [-0.2, 0) is 52.3 Å². The molecule has 11 heteroatoms. The molecule has 264 valence electrons. The minimum Gasteiger partial charge on any atom is -0.466 e. The Labute approximate surface area is 275 Å². The van der Waals surface area contributed by atoms with Gasteiger partial charge < -0.3 is 37.9 Å². The highest BCUT2D eigenvalue weighted by Crippen LogP contribution is 2.62. The van der Waals surface area contributed by atoms with E-state index in [0.717, 1.165) is 42.8 Å². The summed E-state index contributed by atoms with van der Waals surface area (Å²) in [6.45, 7) is 8.34. The first-order valence-electron chi connectivity index (χ1n) is 17.3. The lowest BCUT2D eigenvalue weighted by Gasteiger charge is -2.30. The SMILES string of the molecule is COC1COC2C(OC(C)=O)COC12.COCC1CC2CC1C1CC(COC(C)=O)CC21.COCC1CCC(COC(C)=O)CC1. The fourth-order valence-electron chi connectivity index (χ4n) is 9.08. The molecule has 2 heterocycles. The van der Waals surface area contributed by atoms with E-state index >= 15 is 0 Å². The molecule has 0 spiro atoms. The molecule has 46 heavy (non-hydrogen) atoms. The number of hydrogen-bond acceptors (Lipinski definition) is 11. The highest BCUT2D eigenvalue weighted by Gasteiger charge is 2.55. The molecule has 4 aliphatic carbocycles. The van der Waals surface area contributed by atoms with Gasteiger partial charge in [0.15, 0.2) is 6.10 Å². The third-order valence-electron chi connectivity index (χ3n) is 11.1. The van der Waals surface area contributed by atoms with E-state index in [9.17, 15) is 14.4 Å². The average Bonchev–Trinajstić information content (AvgIpc) is 3.83. The first kappa shape index (κ1) is 37.0.